The maximum absolute atomic E-state index is 2.24. The Hall–Kier alpha value is -1.04. The molecular formula is C12H14. The van der Waals surface area contributed by atoms with Crippen LogP contribution in [0.5, 0.6) is 0 Å². The lowest BCUT2D eigenvalue weighted by molar-refractivity contribution is 1.23. The molecule has 0 spiro atoms. The summed E-state index contributed by atoms with van der Waals surface area (Å²) in [7, 11) is 0. The molecule has 0 aromatic heterocycles. The highest BCUT2D eigenvalue weighted by Gasteiger charge is 2.16. The summed E-state index contributed by atoms with van der Waals surface area (Å²) < 4.78 is 0. The Labute approximate surface area is 73.9 Å². The lowest BCUT2D eigenvalue weighted by Gasteiger charge is -2.02. The third-order valence-electron chi connectivity index (χ3n) is 2.40. The fraction of sp³-hybridized carbons (Fsp3) is 0.333. The van der Waals surface area contributed by atoms with Gasteiger partial charge in [0.05, 0.1) is 0 Å². The average Bonchev–Trinajstić information content (AvgIpc) is 2.92. The molecule has 1 saturated carbocycles. The van der Waals surface area contributed by atoms with E-state index in [1.807, 2.05) is 0 Å². The summed E-state index contributed by atoms with van der Waals surface area (Å²) in [5.74, 6) is 0. The number of rotatable bonds is 2. The van der Waals surface area contributed by atoms with E-state index in [0.717, 1.165) is 0 Å². The second-order valence-electron chi connectivity index (χ2n) is 3.30. The zero-order valence-electron chi connectivity index (χ0n) is 7.51. The quantitative estimate of drug-likeness (QED) is 0.616. The number of hydrogen-bond donors (Lipinski definition) is 0. The third-order valence-corrected chi connectivity index (χ3v) is 2.40. The van der Waals surface area contributed by atoms with Crippen LogP contribution in [0.25, 0.3) is 5.57 Å². The van der Waals surface area contributed by atoms with Crippen LogP contribution < -0.4 is 0 Å². The predicted octanol–water partition coefficient (Wildman–Crippen LogP) is 3.64. The molecule has 62 valence electrons. The maximum Gasteiger partial charge on any atom is -0.0225 e. The van der Waals surface area contributed by atoms with Gasteiger partial charge in [0.15, 0.2) is 0 Å². The zero-order valence-corrected chi connectivity index (χ0v) is 7.51. The molecule has 1 aliphatic carbocycles. The molecule has 0 N–H and O–H groups in total. The second kappa shape index (κ2) is 3.14. The summed E-state index contributed by atoms with van der Waals surface area (Å²) >= 11 is 0. The Morgan fingerprint density at radius 2 is 1.83 bits per heavy atom. The molecule has 0 amide bonds. The van der Waals surface area contributed by atoms with Gasteiger partial charge in [0.2, 0.25) is 0 Å². The highest BCUT2D eigenvalue weighted by molar-refractivity contribution is 5.71. The maximum atomic E-state index is 2.24. The minimum Gasteiger partial charge on any atom is -0.0658 e. The van der Waals surface area contributed by atoms with Crippen LogP contribution >= 0.6 is 0 Å². The van der Waals surface area contributed by atoms with E-state index >= 15 is 0 Å². The van der Waals surface area contributed by atoms with Gasteiger partial charge in [-0.3, -0.25) is 0 Å². The molecule has 0 heterocycles. The Morgan fingerprint density at radius 1 is 1.17 bits per heavy atom. The van der Waals surface area contributed by atoms with Crippen LogP contribution in [-0.4, -0.2) is 0 Å². The van der Waals surface area contributed by atoms with Crippen LogP contribution in [0.4, 0.5) is 0 Å². The van der Waals surface area contributed by atoms with Gasteiger partial charge in [0.25, 0.3) is 0 Å². The number of hydrogen-bond acceptors (Lipinski definition) is 0. The molecule has 0 radical (unpaired) electrons. The van der Waals surface area contributed by atoms with E-state index in [1.165, 1.54) is 24.8 Å². The summed E-state index contributed by atoms with van der Waals surface area (Å²) in [5.41, 5.74) is 4.67. The van der Waals surface area contributed by atoms with E-state index in [2.05, 4.69) is 37.3 Å². The molecular weight excluding hydrogens is 144 g/mol. The van der Waals surface area contributed by atoms with Gasteiger partial charge in [-0.15, -0.1) is 0 Å². The number of benzene rings is 1. The Balaban J connectivity index is 2.35. The Bertz CT molecular complexity index is 287. The molecule has 0 unspecified atom stereocenters. The summed E-state index contributed by atoms with van der Waals surface area (Å²) in [6.07, 6.45) is 3.84. The van der Waals surface area contributed by atoms with Gasteiger partial charge in [0.1, 0.15) is 0 Å². The number of allylic oxidation sites excluding steroid dienone is 2. The smallest absolute Gasteiger partial charge is 0.0225 e. The molecule has 0 nitrogen and oxygen atoms in total. The van der Waals surface area contributed by atoms with E-state index in [0.29, 0.717) is 0 Å². The minimum atomic E-state index is 1.18. The van der Waals surface area contributed by atoms with Crippen LogP contribution in [0.1, 0.15) is 31.7 Å². The molecule has 12 heavy (non-hydrogen) atoms. The predicted molar refractivity (Wildman–Crippen MR) is 52.9 cm³/mol. The summed E-state index contributed by atoms with van der Waals surface area (Å²) in [6.45, 7) is 2.24. The van der Waals surface area contributed by atoms with Gasteiger partial charge < -0.3 is 0 Å². The molecule has 0 heteroatoms. The molecule has 0 bridgehead atoms. The monoisotopic (exact) mass is 158 g/mol. The van der Waals surface area contributed by atoms with Gasteiger partial charge in [-0.1, -0.05) is 42.8 Å². The molecule has 1 aromatic carbocycles. The Kier molecular flexibility index (Phi) is 1.99. The van der Waals surface area contributed by atoms with Crippen molar-refractivity contribution in [3.05, 3.63) is 41.5 Å². The van der Waals surface area contributed by atoms with E-state index in [9.17, 15) is 0 Å². The highest BCUT2D eigenvalue weighted by Crippen LogP contribution is 2.37. The molecule has 0 atom stereocenters. The first-order chi connectivity index (χ1) is 5.92. The van der Waals surface area contributed by atoms with Crippen molar-refractivity contribution in [2.24, 2.45) is 0 Å². The second-order valence-corrected chi connectivity index (χ2v) is 3.30. The summed E-state index contributed by atoms with van der Waals surface area (Å²) in [4.78, 5) is 0. The summed E-state index contributed by atoms with van der Waals surface area (Å²) in [6, 6.07) is 10.7. The third kappa shape index (κ3) is 1.42. The van der Waals surface area contributed by atoms with Crippen LogP contribution in [0.2, 0.25) is 0 Å². The fourth-order valence-electron chi connectivity index (χ4n) is 1.66. The van der Waals surface area contributed by atoms with Crippen molar-refractivity contribution in [2.75, 3.05) is 0 Å². The van der Waals surface area contributed by atoms with Crippen LogP contribution in [0.3, 0.4) is 0 Å². The topological polar surface area (TPSA) is 0 Å². The molecule has 1 aromatic rings. The molecule has 0 saturated heterocycles. The summed E-state index contributed by atoms with van der Waals surface area (Å²) in [5, 5.41) is 0. The first-order valence-electron chi connectivity index (χ1n) is 4.68. The van der Waals surface area contributed by atoms with Crippen LogP contribution in [0.15, 0.2) is 35.9 Å². The highest BCUT2D eigenvalue weighted by atomic mass is 14.2. The van der Waals surface area contributed by atoms with Gasteiger partial charge in [-0.05, 0) is 30.4 Å². The zero-order chi connectivity index (χ0) is 8.39. The molecule has 1 aliphatic rings. The van der Waals surface area contributed by atoms with Crippen LogP contribution in [0, 0.1) is 0 Å². The first kappa shape index (κ1) is 7.60. The van der Waals surface area contributed by atoms with Crippen molar-refractivity contribution >= 4 is 5.57 Å². The van der Waals surface area contributed by atoms with Crippen LogP contribution in [-0.2, 0) is 0 Å². The van der Waals surface area contributed by atoms with Gasteiger partial charge in [-0.25, -0.2) is 0 Å². The SMILES string of the molecule is CCC(=C1CC1)c1ccccc1. The lowest BCUT2D eigenvalue weighted by atomic mass is 10.0. The average molecular weight is 158 g/mol. The van der Waals surface area contributed by atoms with Crippen molar-refractivity contribution in [1.82, 2.24) is 0 Å². The first-order valence-corrected chi connectivity index (χ1v) is 4.68. The standard InChI is InChI=1S/C12H14/c1-2-12(11-8-9-11)10-6-4-3-5-7-10/h3-7H,2,8-9H2,1H3. The van der Waals surface area contributed by atoms with Gasteiger partial charge in [0, 0.05) is 0 Å². The van der Waals surface area contributed by atoms with E-state index < -0.39 is 0 Å². The van der Waals surface area contributed by atoms with Crippen molar-refractivity contribution in [2.45, 2.75) is 26.2 Å². The van der Waals surface area contributed by atoms with Crippen molar-refractivity contribution in [3.8, 4) is 0 Å². The Morgan fingerprint density at radius 3 is 2.33 bits per heavy atom. The minimum absolute atomic E-state index is 1.18. The van der Waals surface area contributed by atoms with E-state index in [1.54, 1.807) is 11.1 Å². The van der Waals surface area contributed by atoms with Crippen molar-refractivity contribution in [3.63, 3.8) is 0 Å². The van der Waals surface area contributed by atoms with E-state index in [4.69, 9.17) is 0 Å². The molecule has 1 fully saturated rings. The van der Waals surface area contributed by atoms with Crippen molar-refractivity contribution in [1.29, 1.82) is 0 Å². The van der Waals surface area contributed by atoms with Crippen molar-refractivity contribution < 1.29 is 0 Å². The van der Waals surface area contributed by atoms with Gasteiger partial charge >= 0.3 is 0 Å². The normalized spacial score (nSPS) is 14.6. The van der Waals surface area contributed by atoms with E-state index in [-0.39, 0.29) is 0 Å². The lowest BCUT2D eigenvalue weighted by Crippen LogP contribution is -1.80. The fourth-order valence-corrected chi connectivity index (χ4v) is 1.66. The molecule has 0 aliphatic heterocycles. The largest absolute Gasteiger partial charge is 0.0658 e. The molecule has 2 rings (SSSR count). The van der Waals surface area contributed by atoms with Gasteiger partial charge in [-0.2, -0.15) is 0 Å².